The van der Waals surface area contributed by atoms with Gasteiger partial charge in [0, 0.05) is 64.3 Å². The SMILES string of the molecule is CC(=O)N1CCN(C(=NCc2ccc([N+](=O)[O-])cc2)NCC2CCOC2)CC1. The van der Waals surface area contributed by atoms with Crippen LogP contribution < -0.4 is 5.32 Å². The van der Waals surface area contributed by atoms with Gasteiger partial charge in [0.15, 0.2) is 5.96 Å². The first-order chi connectivity index (χ1) is 13.5. The zero-order valence-corrected chi connectivity index (χ0v) is 16.2. The molecule has 1 atom stereocenters. The van der Waals surface area contributed by atoms with E-state index in [9.17, 15) is 14.9 Å². The van der Waals surface area contributed by atoms with E-state index in [0.717, 1.165) is 50.8 Å². The monoisotopic (exact) mass is 389 g/mol. The van der Waals surface area contributed by atoms with Crippen LogP contribution in [0.3, 0.4) is 0 Å². The summed E-state index contributed by atoms with van der Waals surface area (Å²) in [7, 11) is 0. The van der Waals surface area contributed by atoms with Gasteiger partial charge in [-0.05, 0) is 12.0 Å². The van der Waals surface area contributed by atoms with E-state index in [1.807, 2.05) is 4.90 Å². The van der Waals surface area contributed by atoms with E-state index in [-0.39, 0.29) is 11.6 Å². The molecular formula is C19H27N5O4. The van der Waals surface area contributed by atoms with E-state index < -0.39 is 4.92 Å². The molecule has 1 unspecified atom stereocenters. The van der Waals surface area contributed by atoms with Crippen LogP contribution in [0.4, 0.5) is 5.69 Å². The van der Waals surface area contributed by atoms with Crippen LogP contribution in [0, 0.1) is 16.0 Å². The second kappa shape index (κ2) is 9.50. The Labute approximate surface area is 164 Å². The van der Waals surface area contributed by atoms with Crippen molar-refractivity contribution in [1.82, 2.24) is 15.1 Å². The number of hydrogen-bond acceptors (Lipinski definition) is 5. The summed E-state index contributed by atoms with van der Waals surface area (Å²) < 4.78 is 5.44. The van der Waals surface area contributed by atoms with E-state index in [0.29, 0.717) is 25.6 Å². The van der Waals surface area contributed by atoms with Gasteiger partial charge >= 0.3 is 0 Å². The number of piperazine rings is 1. The maximum absolute atomic E-state index is 11.6. The largest absolute Gasteiger partial charge is 0.381 e. The van der Waals surface area contributed by atoms with Gasteiger partial charge in [0.05, 0.1) is 18.1 Å². The van der Waals surface area contributed by atoms with Crippen molar-refractivity contribution in [2.75, 3.05) is 45.9 Å². The Kier molecular flexibility index (Phi) is 6.80. The summed E-state index contributed by atoms with van der Waals surface area (Å²) >= 11 is 0. The molecule has 9 heteroatoms. The lowest BCUT2D eigenvalue weighted by atomic mass is 10.1. The molecule has 1 aromatic rings. The molecule has 0 aliphatic carbocycles. The van der Waals surface area contributed by atoms with Gasteiger partial charge in [-0.3, -0.25) is 14.9 Å². The number of ether oxygens (including phenoxy) is 1. The lowest BCUT2D eigenvalue weighted by Crippen LogP contribution is -2.54. The average molecular weight is 389 g/mol. The fourth-order valence-corrected chi connectivity index (χ4v) is 3.37. The van der Waals surface area contributed by atoms with E-state index in [1.54, 1.807) is 19.1 Å². The first-order valence-electron chi connectivity index (χ1n) is 9.63. The number of nitrogens with zero attached hydrogens (tertiary/aromatic N) is 4. The van der Waals surface area contributed by atoms with Crippen molar-refractivity contribution < 1.29 is 14.5 Å². The first kappa shape index (κ1) is 20.1. The minimum Gasteiger partial charge on any atom is -0.381 e. The number of amides is 1. The molecule has 152 valence electrons. The van der Waals surface area contributed by atoms with Crippen LogP contribution in [-0.4, -0.2) is 72.5 Å². The zero-order chi connectivity index (χ0) is 19.9. The standard InChI is InChI=1S/C19H27N5O4/c1-15(25)22-7-9-23(10-8-22)19(21-13-17-6-11-28-14-17)20-12-16-2-4-18(5-3-16)24(26)27/h2-5,17H,6-14H2,1H3,(H,20,21). The summed E-state index contributed by atoms with van der Waals surface area (Å²) in [6, 6.07) is 6.47. The predicted molar refractivity (Wildman–Crippen MR) is 105 cm³/mol. The highest BCUT2D eigenvalue weighted by Crippen LogP contribution is 2.14. The maximum Gasteiger partial charge on any atom is 0.269 e. The zero-order valence-electron chi connectivity index (χ0n) is 16.2. The Morgan fingerprint density at radius 2 is 1.93 bits per heavy atom. The average Bonchev–Trinajstić information content (AvgIpc) is 3.22. The third-order valence-electron chi connectivity index (χ3n) is 5.16. The number of hydrogen-bond donors (Lipinski definition) is 1. The Bertz CT molecular complexity index is 708. The van der Waals surface area contributed by atoms with Crippen molar-refractivity contribution in [2.24, 2.45) is 10.9 Å². The number of nitrogens with one attached hydrogen (secondary N) is 1. The highest BCUT2D eigenvalue weighted by Gasteiger charge is 2.22. The smallest absolute Gasteiger partial charge is 0.269 e. The molecule has 0 saturated carbocycles. The lowest BCUT2D eigenvalue weighted by molar-refractivity contribution is -0.384. The number of non-ortho nitro benzene ring substituents is 1. The second-order valence-corrected chi connectivity index (χ2v) is 7.17. The molecule has 2 saturated heterocycles. The number of aliphatic imine (C=N–C) groups is 1. The Balaban J connectivity index is 1.64. The molecule has 1 amide bonds. The molecule has 3 rings (SSSR count). The topological polar surface area (TPSA) is 100 Å². The molecule has 0 spiro atoms. The molecule has 2 aliphatic rings. The summed E-state index contributed by atoms with van der Waals surface area (Å²) in [6.07, 6.45) is 1.04. The van der Waals surface area contributed by atoms with E-state index in [1.165, 1.54) is 12.1 Å². The van der Waals surface area contributed by atoms with Gasteiger partial charge in [0.25, 0.3) is 5.69 Å². The van der Waals surface area contributed by atoms with E-state index >= 15 is 0 Å². The van der Waals surface area contributed by atoms with Crippen molar-refractivity contribution in [2.45, 2.75) is 19.9 Å². The van der Waals surface area contributed by atoms with Crippen molar-refractivity contribution in [3.63, 3.8) is 0 Å². The van der Waals surface area contributed by atoms with Gasteiger partial charge in [-0.1, -0.05) is 12.1 Å². The molecule has 0 radical (unpaired) electrons. The van der Waals surface area contributed by atoms with Gasteiger partial charge in [-0.15, -0.1) is 0 Å². The highest BCUT2D eigenvalue weighted by atomic mass is 16.6. The molecular weight excluding hydrogens is 362 g/mol. The fourth-order valence-electron chi connectivity index (χ4n) is 3.37. The third-order valence-corrected chi connectivity index (χ3v) is 5.16. The number of rotatable bonds is 5. The van der Waals surface area contributed by atoms with Crippen LogP contribution in [0.25, 0.3) is 0 Å². The lowest BCUT2D eigenvalue weighted by Gasteiger charge is -2.36. The Morgan fingerprint density at radius 1 is 1.25 bits per heavy atom. The summed E-state index contributed by atoms with van der Waals surface area (Å²) in [5.74, 6) is 1.39. The van der Waals surface area contributed by atoms with Gasteiger partial charge in [0.1, 0.15) is 0 Å². The maximum atomic E-state index is 11.6. The van der Waals surface area contributed by atoms with Crippen LogP contribution >= 0.6 is 0 Å². The molecule has 9 nitrogen and oxygen atoms in total. The number of nitro groups is 1. The summed E-state index contributed by atoms with van der Waals surface area (Å²) in [5, 5.41) is 14.3. The summed E-state index contributed by atoms with van der Waals surface area (Å²) in [6.45, 7) is 7.22. The van der Waals surface area contributed by atoms with Gasteiger partial charge in [-0.25, -0.2) is 4.99 Å². The molecule has 2 aliphatic heterocycles. The molecule has 0 bridgehead atoms. The normalized spacial score (nSPS) is 20.3. The van der Waals surface area contributed by atoms with Gasteiger partial charge in [0.2, 0.25) is 5.91 Å². The molecule has 2 fully saturated rings. The summed E-state index contributed by atoms with van der Waals surface area (Å²) in [4.78, 5) is 30.7. The number of carbonyl (C=O) groups excluding carboxylic acids is 1. The number of nitro benzene ring substituents is 1. The van der Waals surface area contributed by atoms with Crippen LogP contribution in [0.1, 0.15) is 18.9 Å². The van der Waals surface area contributed by atoms with Crippen molar-refractivity contribution >= 4 is 17.6 Å². The van der Waals surface area contributed by atoms with Crippen LogP contribution in [0.15, 0.2) is 29.3 Å². The molecule has 2 heterocycles. The van der Waals surface area contributed by atoms with Crippen molar-refractivity contribution in [1.29, 1.82) is 0 Å². The quantitative estimate of drug-likeness (QED) is 0.352. The Morgan fingerprint density at radius 3 is 2.50 bits per heavy atom. The van der Waals surface area contributed by atoms with E-state index in [4.69, 9.17) is 9.73 Å². The number of carbonyl (C=O) groups is 1. The Hall–Kier alpha value is -2.68. The van der Waals surface area contributed by atoms with Crippen molar-refractivity contribution in [3.8, 4) is 0 Å². The third kappa shape index (κ3) is 5.41. The molecule has 1 aromatic carbocycles. The van der Waals surface area contributed by atoms with Gasteiger partial charge in [-0.2, -0.15) is 0 Å². The fraction of sp³-hybridized carbons (Fsp3) is 0.579. The van der Waals surface area contributed by atoms with Crippen LogP contribution in [0.2, 0.25) is 0 Å². The van der Waals surface area contributed by atoms with Crippen LogP contribution in [0.5, 0.6) is 0 Å². The molecule has 28 heavy (non-hydrogen) atoms. The number of benzene rings is 1. The highest BCUT2D eigenvalue weighted by molar-refractivity contribution is 5.80. The van der Waals surface area contributed by atoms with Crippen LogP contribution in [-0.2, 0) is 16.1 Å². The van der Waals surface area contributed by atoms with Gasteiger partial charge < -0.3 is 19.9 Å². The predicted octanol–water partition coefficient (Wildman–Crippen LogP) is 1.24. The molecule has 1 N–H and O–H groups in total. The minimum atomic E-state index is -0.405. The van der Waals surface area contributed by atoms with Crippen molar-refractivity contribution in [3.05, 3.63) is 39.9 Å². The summed E-state index contributed by atoms with van der Waals surface area (Å²) in [5.41, 5.74) is 0.990. The second-order valence-electron chi connectivity index (χ2n) is 7.17. The minimum absolute atomic E-state index is 0.0765. The van der Waals surface area contributed by atoms with E-state index in [2.05, 4.69) is 10.2 Å². The number of guanidine groups is 1. The first-order valence-corrected chi connectivity index (χ1v) is 9.63. The molecule has 0 aromatic heterocycles.